The van der Waals surface area contributed by atoms with Gasteiger partial charge in [-0.1, -0.05) is 45.6 Å². The van der Waals surface area contributed by atoms with Crippen LogP contribution in [-0.4, -0.2) is 19.2 Å². The van der Waals surface area contributed by atoms with Crippen LogP contribution in [0.1, 0.15) is 45.4 Å². The molecule has 0 heterocycles. The maximum absolute atomic E-state index is 11.9. The third-order valence-corrected chi connectivity index (χ3v) is 4.34. The van der Waals surface area contributed by atoms with Gasteiger partial charge in [0.2, 0.25) is 0 Å². The van der Waals surface area contributed by atoms with Crippen molar-refractivity contribution >= 4 is 13.6 Å². The second kappa shape index (κ2) is 9.43. The van der Waals surface area contributed by atoms with Crippen molar-refractivity contribution in [2.45, 2.75) is 45.4 Å². The lowest BCUT2D eigenvalue weighted by Gasteiger charge is -2.14. The number of carbonyl (C=O) groups excluding carboxylic acids is 1. The summed E-state index contributed by atoms with van der Waals surface area (Å²) in [6.07, 6.45) is 7.76. The standard InChI is InChI=1S/C12H23O4P/c1-4-6-7-8-9-10-11-17(14,15-3)16-12(13)5-2/h5H,2,4,6-11H2,1,3H3. The molecule has 1 unspecified atom stereocenters. The monoisotopic (exact) mass is 262 g/mol. The van der Waals surface area contributed by atoms with E-state index in [1.165, 1.54) is 26.4 Å². The lowest BCUT2D eigenvalue weighted by atomic mass is 10.1. The SMILES string of the molecule is C=CC(=O)OP(=O)(CCCCCCCC)OC. The molecule has 0 bridgehead atoms. The zero-order valence-corrected chi connectivity index (χ0v) is 11.7. The fourth-order valence-electron chi connectivity index (χ4n) is 1.43. The summed E-state index contributed by atoms with van der Waals surface area (Å²) in [5, 5.41) is 0. The van der Waals surface area contributed by atoms with Crippen molar-refractivity contribution in [3.8, 4) is 0 Å². The van der Waals surface area contributed by atoms with Crippen molar-refractivity contribution in [1.82, 2.24) is 0 Å². The molecule has 0 aromatic rings. The maximum Gasteiger partial charge on any atom is 0.381 e. The minimum absolute atomic E-state index is 0.287. The summed E-state index contributed by atoms with van der Waals surface area (Å²) >= 11 is 0. The Morgan fingerprint density at radius 1 is 1.24 bits per heavy atom. The van der Waals surface area contributed by atoms with Crippen LogP contribution in [0.2, 0.25) is 0 Å². The van der Waals surface area contributed by atoms with Gasteiger partial charge in [-0.3, -0.25) is 0 Å². The molecule has 0 N–H and O–H groups in total. The Morgan fingerprint density at radius 2 is 1.82 bits per heavy atom. The summed E-state index contributed by atoms with van der Waals surface area (Å²) in [5.74, 6) is -0.693. The van der Waals surface area contributed by atoms with Crippen LogP contribution in [0.4, 0.5) is 0 Å². The predicted molar refractivity (Wildman–Crippen MR) is 69.1 cm³/mol. The Bertz CT molecular complexity index is 276. The molecule has 4 nitrogen and oxygen atoms in total. The van der Waals surface area contributed by atoms with Gasteiger partial charge in [0, 0.05) is 13.2 Å². The first-order valence-electron chi connectivity index (χ1n) is 6.08. The fraction of sp³-hybridized carbons (Fsp3) is 0.750. The third kappa shape index (κ3) is 8.17. The van der Waals surface area contributed by atoms with Gasteiger partial charge in [0.1, 0.15) is 0 Å². The maximum atomic E-state index is 11.9. The first-order chi connectivity index (χ1) is 8.08. The molecule has 0 amide bonds. The second-order valence-corrected chi connectivity index (χ2v) is 6.12. The van der Waals surface area contributed by atoms with E-state index in [0.29, 0.717) is 0 Å². The molecular weight excluding hydrogens is 239 g/mol. The van der Waals surface area contributed by atoms with Crippen LogP contribution < -0.4 is 0 Å². The molecule has 0 fully saturated rings. The largest absolute Gasteiger partial charge is 0.388 e. The molecule has 100 valence electrons. The van der Waals surface area contributed by atoms with E-state index < -0.39 is 13.6 Å². The third-order valence-electron chi connectivity index (χ3n) is 2.46. The summed E-state index contributed by atoms with van der Waals surface area (Å²) in [7, 11) is -1.95. The summed E-state index contributed by atoms with van der Waals surface area (Å²) < 4.78 is 21.5. The van der Waals surface area contributed by atoms with Crippen molar-refractivity contribution in [2.24, 2.45) is 0 Å². The highest BCUT2D eigenvalue weighted by Crippen LogP contribution is 2.48. The first kappa shape index (κ1) is 16.4. The summed E-state index contributed by atoms with van der Waals surface area (Å²) in [4.78, 5) is 11.0. The molecule has 0 aromatic carbocycles. The molecule has 0 saturated heterocycles. The van der Waals surface area contributed by atoms with Crippen LogP contribution in [0, 0.1) is 0 Å². The van der Waals surface area contributed by atoms with Gasteiger partial charge in [0.05, 0.1) is 6.16 Å². The fourth-order valence-corrected chi connectivity index (χ4v) is 2.74. The van der Waals surface area contributed by atoms with Crippen LogP contribution in [-0.2, 0) is 18.4 Å². The van der Waals surface area contributed by atoms with E-state index in [-0.39, 0.29) is 6.16 Å². The zero-order chi connectivity index (χ0) is 13.1. The van der Waals surface area contributed by atoms with Crippen molar-refractivity contribution < 1.29 is 18.4 Å². The summed E-state index contributed by atoms with van der Waals surface area (Å²) in [5.41, 5.74) is 0. The van der Waals surface area contributed by atoms with Crippen molar-refractivity contribution in [2.75, 3.05) is 13.3 Å². The van der Waals surface area contributed by atoms with Crippen LogP contribution >= 0.6 is 7.60 Å². The molecule has 0 spiro atoms. The normalized spacial score (nSPS) is 14.0. The Hall–Kier alpha value is -0.600. The molecule has 17 heavy (non-hydrogen) atoms. The Balaban J connectivity index is 3.84. The lowest BCUT2D eigenvalue weighted by Crippen LogP contribution is -2.03. The van der Waals surface area contributed by atoms with E-state index in [4.69, 9.17) is 9.05 Å². The van der Waals surface area contributed by atoms with E-state index in [2.05, 4.69) is 13.5 Å². The van der Waals surface area contributed by atoms with E-state index in [9.17, 15) is 9.36 Å². The van der Waals surface area contributed by atoms with Gasteiger partial charge >= 0.3 is 13.6 Å². The van der Waals surface area contributed by atoms with E-state index in [0.717, 1.165) is 25.3 Å². The predicted octanol–water partition coefficient (Wildman–Crippen LogP) is 3.92. The Labute approximate surface area is 104 Å². The molecule has 0 aliphatic carbocycles. The summed E-state index contributed by atoms with van der Waals surface area (Å²) in [6, 6.07) is 0. The molecule has 0 aromatic heterocycles. The minimum Gasteiger partial charge on any atom is -0.388 e. The van der Waals surface area contributed by atoms with Gasteiger partial charge in [-0.15, -0.1) is 0 Å². The van der Waals surface area contributed by atoms with Gasteiger partial charge in [0.25, 0.3) is 0 Å². The topological polar surface area (TPSA) is 52.6 Å². The lowest BCUT2D eigenvalue weighted by molar-refractivity contribution is -0.129. The average molecular weight is 262 g/mol. The van der Waals surface area contributed by atoms with E-state index >= 15 is 0 Å². The highest BCUT2D eigenvalue weighted by molar-refractivity contribution is 7.54. The van der Waals surface area contributed by atoms with Gasteiger partial charge < -0.3 is 9.05 Å². The van der Waals surface area contributed by atoms with Gasteiger partial charge in [-0.25, -0.2) is 9.36 Å². The van der Waals surface area contributed by atoms with Crippen molar-refractivity contribution in [3.05, 3.63) is 12.7 Å². The van der Waals surface area contributed by atoms with Crippen LogP contribution in [0.15, 0.2) is 12.7 Å². The van der Waals surface area contributed by atoms with Gasteiger partial charge in [-0.2, -0.15) is 0 Å². The van der Waals surface area contributed by atoms with E-state index in [1.54, 1.807) is 0 Å². The average Bonchev–Trinajstić information content (AvgIpc) is 2.33. The highest BCUT2D eigenvalue weighted by atomic mass is 31.2. The van der Waals surface area contributed by atoms with Crippen LogP contribution in [0.5, 0.6) is 0 Å². The molecule has 0 rings (SSSR count). The molecule has 5 heteroatoms. The minimum atomic E-state index is -3.25. The molecule has 0 saturated carbocycles. The number of rotatable bonds is 10. The molecular formula is C12H23O4P. The van der Waals surface area contributed by atoms with Gasteiger partial charge in [0.15, 0.2) is 0 Å². The number of carbonyl (C=O) groups is 1. The highest BCUT2D eigenvalue weighted by Gasteiger charge is 2.25. The van der Waals surface area contributed by atoms with Crippen molar-refractivity contribution in [3.63, 3.8) is 0 Å². The molecule has 0 radical (unpaired) electrons. The molecule has 0 aliphatic heterocycles. The Morgan fingerprint density at radius 3 is 2.35 bits per heavy atom. The number of hydrogen-bond donors (Lipinski definition) is 0. The second-order valence-electron chi connectivity index (χ2n) is 3.90. The summed E-state index contributed by atoms with van der Waals surface area (Å²) in [6.45, 7) is 5.42. The first-order valence-corrected chi connectivity index (χ1v) is 7.81. The number of unbranched alkanes of at least 4 members (excludes halogenated alkanes) is 5. The molecule has 0 aliphatic rings. The van der Waals surface area contributed by atoms with Crippen LogP contribution in [0.25, 0.3) is 0 Å². The van der Waals surface area contributed by atoms with Crippen molar-refractivity contribution in [1.29, 1.82) is 0 Å². The quantitative estimate of drug-likeness (QED) is 0.340. The zero-order valence-electron chi connectivity index (χ0n) is 10.8. The van der Waals surface area contributed by atoms with E-state index in [1.807, 2.05) is 0 Å². The van der Waals surface area contributed by atoms with Gasteiger partial charge in [-0.05, 0) is 6.42 Å². The van der Waals surface area contributed by atoms with Crippen LogP contribution in [0.3, 0.4) is 0 Å². The Kier molecular flexibility index (Phi) is 9.10. The molecule has 1 atom stereocenters. The smallest absolute Gasteiger partial charge is 0.381 e. The number of hydrogen-bond acceptors (Lipinski definition) is 4.